The van der Waals surface area contributed by atoms with E-state index in [9.17, 15) is 0 Å². The lowest BCUT2D eigenvalue weighted by Gasteiger charge is -2.44. The Kier molecular flexibility index (Phi) is 32.9. The average molecular weight is 597 g/mol. The zero-order valence-corrected chi connectivity index (χ0v) is 30.6. The molecule has 0 aliphatic rings. The molecule has 0 amide bonds. The summed E-state index contributed by atoms with van der Waals surface area (Å²) in [6.07, 6.45) is 34.0. The molecule has 4 heteroatoms. The van der Waals surface area contributed by atoms with Crippen LogP contribution in [0.15, 0.2) is 0 Å². The molecule has 0 atom stereocenters. The van der Waals surface area contributed by atoms with E-state index in [1.165, 1.54) is 190 Å². The van der Waals surface area contributed by atoms with Crippen molar-refractivity contribution < 1.29 is 4.12 Å². The second kappa shape index (κ2) is 30.9. The van der Waals surface area contributed by atoms with E-state index in [0.29, 0.717) is 0 Å². The molecule has 40 heavy (non-hydrogen) atoms. The second-order valence-electron chi connectivity index (χ2n) is 13.3. The molecule has 1 nitrogen and oxygen atoms in total. The van der Waals surface area contributed by atoms with E-state index >= 15 is 0 Å². The maximum absolute atomic E-state index is 8.18. The minimum Gasteiger partial charge on any atom is -0.455 e. The van der Waals surface area contributed by atoms with E-state index in [1.54, 1.807) is 0 Å². The zero-order chi connectivity index (χ0) is 28.9. The molecule has 0 aromatic rings. The van der Waals surface area contributed by atoms with Gasteiger partial charge in [0.15, 0.2) is 16.6 Å². The lowest BCUT2D eigenvalue weighted by Crippen LogP contribution is -2.51. The summed E-state index contributed by atoms with van der Waals surface area (Å²) in [6, 6.07) is 8.91. The first-order valence-electron chi connectivity index (χ1n) is 18.8. The average Bonchev–Trinajstić information content (AvgIpc) is 2.94. The Morgan fingerprint density at radius 3 is 0.600 bits per heavy atom. The molecule has 0 unspecified atom stereocenters. The Morgan fingerprint density at radius 1 is 0.275 bits per heavy atom. The van der Waals surface area contributed by atoms with Gasteiger partial charge in [0, 0.05) is 0 Å². The van der Waals surface area contributed by atoms with Crippen LogP contribution in [-0.2, 0) is 4.12 Å². The first-order valence-corrected chi connectivity index (χ1v) is 23.8. The third-order valence-electron chi connectivity index (χ3n) is 9.35. The van der Waals surface area contributed by atoms with Gasteiger partial charge in [-0.2, -0.15) is 0 Å². The zero-order valence-electron chi connectivity index (χ0n) is 28.6. The fraction of sp³-hybridized carbons (Fsp3) is 1.00. The predicted octanol–water partition coefficient (Wildman–Crippen LogP) is 13.2. The molecular formula is C36H81BOSi2. The van der Waals surface area contributed by atoms with Crippen LogP contribution >= 0.6 is 0 Å². The van der Waals surface area contributed by atoms with Crippen LogP contribution in [0.2, 0.25) is 36.3 Å². The Morgan fingerprint density at radius 2 is 0.450 bits per heavy atom. The van der Waals surface area contributed by atoms with Gasteiger partial charge >= 0.3 is 0 Å². The van der Waals surface area contributed by atoms with Gasteiger partial charge in [-0.1, -0.05) is 196 Å². The molecule has 0 rings (SSSR count). The molecule has 0 aromatic heterocycles. The quantitative estimate of drug-likeness (QED) is 0.0554. The van der Waals surface area contributed by atoms with E-state index in [4.69, 9.17) is 4.12 Å². The lowest BCUT2D eigenvalue weighted by atomic mass is 10.2. The molecule has 0 spiro atoms. The Bertz CT molecular complexity index is 383. The summed E-state index contributed by atoms with van der Waals surface area (Å²) in [5, 5.41) is 0. The Labute approximate surface area is 260 Å². The van der Waals surface area contributed by atoms with Crippen LogP contribution in [0.3, 0.4) is 0 Å². The summed E-state index contributed by atoms with van der Waals surface area (Å²) in [6.45, 7) is 14.2. The molecular weight excluding hydrogens is 515 g/mol. The van der Waals surface area contributed by atoms with Crippen LogP contribution in [0.5, 0.6) is 0 Å². The lowest BCUT2D eigenvalue weighted by molar-refractivity contribution is 0.465. The highest BCUT2D eigenvalue weighted by atomic mass is 28.4. The summed E-state index contributed by atoms with van der Waals surface area (Å²) < 4.78 is 8.18. The van der Waals surface area contributed by atoms with Crippen LogP contribution in [-0.4, -0.2) is 25.0 Å². The van der Waals surface area contributed by atoms with E-state index < -0.39 is 16.6 Å². The second-order valence-corrected chi connectivity index (χ2v) is 21.9. The molecule has 0 heterocycles. The van der Waals surface area contributed by atoms with Crippen molar-refractivity contribution >= 4 is 25.0 Å². The van der Waals surface area contributed by atoms with Gasteiger partial charge in [0.2, 0.25) is 0 Å². The number of hydrogen-bond donors (Lipinski definition) is 0. The highest BCUT2D eigenvalue weighted by Gasteiger charge is 2.43. The van der Waals surface area contributed by atoms with Crippen LogP contribution < -0.4 is 0 Å². The number of unbranched alkanes of at least 4 members (excludes halogenated alkanes) is 18. The molecule has 0 radical (unpaired) electrons. The summed E-state index contributed by atoms with van der Waals surface area (Å²) in [7, 11) is -3.45. The van der Waals surface area contributed by atoms with Gasteiger partial charge in [-0.25, -0.2) is 0 Å². The van der Waals surface area contributed by atoms with E-state index in [1.807, 2.05) is 0 Å². The monoisotopic (exact) mass is 597 g/mol. The highest BCUT2D eigenvalue weighted by molar-refractivity contribution is 6.87. The third kappa shape index (κ3) is 23.0. The predicted molar refractivity (Wildman–Crippen MR) is 196 cm³/mol. The summed E-state index contributed by atoms with van der Waals surface area (Å²) in [5.74, 6) is 0. The van der Waals surface area contributed by atoms with Gasteiger partial charge in [0.1, 0.15) is 0 Å². The highest BCUT2D eigenvalue weighted by Crippen LogP contribution is 2.40. The van der Waals surface area contributed by atoms with Crippen molar-refractivity contribution in [2.24, 2.45) is 0 Å². The minimum absolute atomic E-state index is 0. The topological polar surface area (TPSA) is 9.23 Å². The van der Waals surface area contributed by atoms with E-state index in [-0.39, 0.29) is 8.41 Å². The summed E-state index contributed by atoms with van der Waals surface area (Å²) >= 11 is 0. The smallest absolute Gasteiger partial charge is 0.179 e. The first-order chi connectivity index (χ1) is 19.1. The normalized spacial score (nSPS) is 12.2. The molecule has 0 bridgehead atoms. The van der Waals surface area contributed by atoms with Crippen molar-refractivity contribution in [3.63, 3.8) is 0 Å². The van der Waals surface area contributed by atoms with Crippen molar-refractivity contribution in [3.8, 4) is 0 Å². The van der Waals surface area contributed by atoms with Crippen LogP contribution in [0.1, 0.15) is 196 Å². The van der Waals surface area contributed by atoms with E-state index in [2.05, 4.69) is 41.5 Å². The number of hydrogen-bond acceptors (Lipinski definition) is 1. The van der Waals surface area contributed by atoms with Crippen LogP contribution in [0, 0.1) is 0 Å². The van der Waals surface area contributed by atoms with Crippen molar-refractivity contribution in [2.75, 3.05) is 0 Å². The first kappa shape index (κ1) is 42.6. The molecule has 0 fully saturated rings. The molecule has 242 valence electrons. The Hall–Kier alpha value is 0.459. The van der Waals surface area contributed by atoms with Crippen LogP contribution in [0.4, 0.5) is 0 Å². The van der Waals surface area contributed by atoms with E-state index in [0.717, 1.165) is 0 Å². The largest absolute Gasteiger partial charge is 0.455 e. The maximum Gasteiger partial charge on any atom is 0.179 e. The van der Waals surface area contributed by atoms with Gasteiger partial charge < -0.3 is 4.12 Å². The molecule has 0 aliphatic heterocycles. The van der Waals surface area contributed by atoms with Crippen molar-refractivity contribution in [2.45, 2.75) is 232 Å². The van der Waals surface area contributed by atoms with Crippen molar-refractivity contribution in [3.05, 3.63) is 0 Å². The van der Waals surface area contributed by atoms with Gasteiger partial charge in [0.25, 0.3) is 0 Å². The minimum atomic E-state index is -1.72. The molecule has 0 aliphatic carbocycles. The molecule has 0 saturated carbocycles. The maximum atomic E-state index is 8.18. The van der Waals surface area contributed by atoms with Crippen molar-refractivity contribution in [1.29, 1.82) is 0 Å². The van der Waals surface area contributed by atoms with Gasteiger partial charge in [-0.15, -0.1) is 0 Å². The fourth-order valence-corrected chi connectivity index (χ4v) is 19.7. The van der Waals surface area contributed by atoms with Gasteiger partial charge in [-0.3, -0.25) is 0 Å². The summed E-state index contributed by atoms with van der Waals surface area (Å²) in [5.41, 5.74) is 0. The summed E-state index contributed by atoms with van der Waals surface area (Å²) in [4.78, 5) is 0. The SMILES string of the molecule is B.CCCCCC[Si](CCCCCC)(CCCCCC)O[Si](CCCCCC)(CCCCCC)CCCCCC. The van der Waals surface area contributed by atoms with Crippen molar-refractivity contribution in [1.82, 2.24) is 0 Å². The standard InChI is InChI=1S/C36H78OSi2.BH3/c1-7-13-19-25-31-38(32-26-20-14-8-2,33-27-21-15-9-3)37-39(34-28-22-16-10-4,35-29-23-17-11-5)36-30-24-18-12-6;/h7-36H2,1-6H3;1H3. The third-order valence-corrected chi connectivity index (χ3v) is 20.4. The molecule has 0 N–H and O–H groups in total. The fourth-order valence-electron chi connectivity index (χ4n) is 6.76. The van der Waals surface area contributed by atoms with Gasteiger partial charge in [0.05, 0.1) is 8.41 Å². The van der Waals surface area contributed by atoms with Crippen LogP contribution in [0.25, 0.3) is 0 Å². The molecule has 0 aromatic carbocycles. The van der Waals surface area contributed by atoms with Gasteiger partial charge in [-0.05, 0) is 36.3 Å². The molecule has 0 saturated heterocycles. The Balaban J connectivity index is 0. The number of rotatable bonds is 32.